The lowest BCUT2D eigenvalue weighted by Crippen LogP contribution is -2.48. The number of aryl methyl sites for hydroxylation is 1. The van der Waals surface area contributed by atoms with Gasteiger partial charge >= 0.3 is 0 Å². The van der Waals surface area contributed by atoms with Crippen molar-refractivity contribution in [2.75, 3.05) is 31.7 Å². The van der Waals surface area contributed by atoms with Crippen LogP contribution in [0.2, 0.25) is 0 Å². The maximum Gasteiger partial charge on any atom is 0.0987 e. The molecule has 1 aliphatic heterocycles. The Hall–Kier alpha value is -1.65. The van der Waals surface area contributed by atoms with E-state index in [1.54, 1.807) is 7.11 Å². The average Bonchev–Trinajstić information content (AvgIpc) is 2.53. The van der Waals surface area contributed by atoms with E-state index in [4.69, 9.17) is 14.5 Å². The van der Waals surface area contributed by atoms with Crippen LogP contribution >= 0.6 is 0 Å². The number of morpholine rings is 1. The first-order chi connectivity index (χ1) is 10.7. The van der Waals surface area contributed by atoms with Crippen LogP contribution in [0.5, 0.6) is 0 Å². The van der Waals surface area contributed by atoms with Gasteiger partial charge in [0.05, 0.1) is 24.3 Å². The molecule has 4 nitrogen and oxygen atoms in total. The van der Waals surface area contributed by atoms with Crippen LogP contribution in [0, 0.1) is 0 Å². The summed E-state index contributed by atoms with van der Waals surface area (Å²) in [6.45, 7) is 6.66. The molecular formula is C18H24N2O2. The molecule has 2 unspecified atom stereocenters. The number of hydrogen-bond acceptors (Lipinski definition) is 4. The number of fused-ring (bicyclic) bond motifs is 1. The maximum absolute atomic E-state index is 5.96. The van der Waals surface area contributed by atoms with Gasteiger partial charge in [0.1, 0.15) is 0 Å². The fourth-order valence-corrected chi connectivity index (χ4v) is 3.17. The molecule has 0 spiro atoms. The Bertz CT molecular complexity index is 644. The first-order valence-corrected chi connectivity index (χ1v) is 7.99. The van der Waals surface area contributed by atoms with Gasteiger partial charge in [-0.15, -0.1) is 0 Å². The summed E-state index contributed by atoms with van der Waals surface area (Å²) in [7, 11) is 1.73. The van der Waals surface area contributed by atoms with Gasteiger partial charge in [0, 0.05) is 37.0 Å². The highest BCUT2D eigenvalue weighted by Gasteiger charge is 2.26. The second-order valence-corrected chi connectivity index (χ2v) is 5.93. The highest BCUT2D eigenvalue weighted by molar-refractivity contribution is 5.92. The van der Waals surface area contributed by atoms with E-state index < -0.39 is 0 Å². The zero-order valence-corrected chi connectivity index (χ0v) is 13.6. The number of anilines is 1. The molecule has 0 saturated carbocycles. The van der Waals surface area contributed by atoms with Gasteiger partial charge in [-0.1, -0.05) is 25.1 Å². The molecule has 22 heavy (non-hydrogen) atoms. The summed E-state index contributed by atoms with van der Waals surface area (Å²) < 4.78 is 11.2. The van der Waals surface area contributed by atoms with Crippen LogP contribution in [0.15, 0.2) is 30.3 Å². The number of ether oxygens (including phenoxy) is 2. The molecule has 1 aliphatic rings. The number of para-hydroxylation sites is 1. The molecule has 1 fully saturated rings. The Kier molecular flexibility index (Phi) is 4.60. The summed E-state index contributed by atoms with van der Waals surface area (Å²) in [6.07, 6.45) is 1.26. The molecular weight excluding hydrogens is 276 g/mol. The highest BCUT2D eigenvalue weighted by Crippen LogP contribution is 2.29. The predicted octanol–water partition coefficient (Wildman–Crippen LogP) is 3.04. The van der Waals surface area contributed by atoms with Crippen molar-refractivity contribution >= 4 is 16.6 Å². The summed E-state index contributed by atoms with van der Waals surface area (Å²) in [5.41, 5.74) is 3.47. The van der Waals surface area contributed by atoms with Gasteiger partial charge in [0.25, 0.3) is 0 Å². The molecule has 0 N–H and O–H groups in total. The Balaban J connectivity index is 2.00. The Morgan fingerprint density at radius 1 is 1.32 bits per heavy atom. The normalized spacial score (nSPS) is 22.2. The lowest BCUT2D eigenvalue weighted by atomic mass is 10.1. The number of hydrogen-bond donors (Lipinski definition) is 0. The first kappa shape index (κ1) is 15.3. The van der Waals surface area contributed by atoms with E-state index in [-0.39, 0.29) is 12.2 Å². The number of methoxy groups -OCH3 is 1. The van der Waals surface area contributed by atoms with Crippen molar-refractivity contribution in [3.8, 4) is 0 Å². The minimum atomic E-state index is 0.116. The largest absolute Gasteiger partial charge is 0.382 e. The highest BCUT2D eigenvalue weighted by atomic mass is 16.5. The fourth-order valence-electron chi connectivity index (χ4n) is 3.17. The van der Waals surface area contributed by atoms with Gasteiger partial charge in [-0.3, -0.25) is 4.98 Å². The molecule has 2 aromatic rings. The maximum atomic E-state index is 5.96. The van der Waals surface area contributed by atoms with Crippen molar-refractivity contribution in [3.63, 3.8) is 0 Å². The molecule has 4 heteroatoms. The molecule has 0 amide bonds. The van der Waals surface area contributed by atoms with Crippen LogP contribution in [-0.2, 0) is 15.9 Å². The van der Waals surface area contributed by atoms with E-state index in [1.165, 1.54) is 11.1 Å². The second kappa shape index (κ2) is 6.63. The Morgan fingerprint density at radius 2 is 2.14 bits per heavy atom. The summed E-state index contributed by atoms with van der Waals surface area (Å²) in [5, 5.41) is 1.21. The smallest absolute Gasteiger partial charge is 0.0987 e. The van der Waals surface area contributed by atoms with Gasteiger partial charge in [-0.25, -0.2) is 0 Å². The third kappa shape index (κ3) is 3.08. The zero-order chi connectivity index (χ0) is 15.5. The second-order valence-electron chi connectivity index (χ2n) is 5.93. The summed E-state index contributed by atoms with van der Waals surface area (Å²) >= 11 is 0. The molecule has 0 radical (unpaired) electrons. The Labute approximate surface area is 132 Å². The van der Waals surface area contributed by atoms with Crippen LogP contribution < -0.4 is 4.90 Å². The van der Waals surface area contributed by atoms with Gasteiger partial charge in [-0.05, 0) is 25.5 Å². The lowest BCUT2D eigenvalue weighted by molar-refractivity contribution is -0.0510. The van der Waals surface area contributed by atoms with Crippen molar-refractivity contribution in [1.82, 2.24) is 4.98 Å². The van der Waals surface area contributed by atoms with Crippen LogP contribution in [0.4, 0.5) is 5.69 Å². The standard InChI is InChI=1S/C18H24N2O2/c1-4-14-9-18(16-7-5-6-8-17(16)19-14)20-10-13(2)22-15(11-20)12-21-3/h5-9,13,15H,4,10-12H2,1-3H3. The number of aromatic nitrogens is 1. The quantitative estimate of drug-likeness (QED) is 0.869. The fraction of sp³-hybridized carbons (Fsp3) is 0.500. The number of benzene rings is 1. The van der Waals surface area contributed by atoms with Crippen LogP contribution in [0.1, 0.15) is 19.5 Å². The zero-order valence-electron chi connectivity index (χ0n) is 13.6. The van der Waals surface area contributed by atoms with Gasteiger partial charge in [0.15, 0.2) is 0 Å². The summed E-state index contributed by atoms with van der Waals surface area (Å²) in [6, 6.07) is 10.6. The summed E-state index contributed by atoms with van der Waals surface area (Å²) in [5.74, 6) is 0. The van der Waals surface area contributed by atoms with Gasteiger partial charge in [-0.2, -0.15) is 0 Å². The minimum absolute atomic E-state index is 0.116. The molecule has 1 aromatic heterocycles. The third-order valence-electron chi connectivity index (χ3n) is 4.13. The summed E-state index contributed by atoms with van der Waals surface area (Å²) in [4.78, 5) is 7.16. The van der Waals surface area contributed by atoms with E-state index >= 15 is 0 Å². The predicted molar refractivity (Wildman–Crippen MR) is 89.5 cm³/mol. The third-order valence-corrected chi connectivity index (χ3v) is 4.13. The van der Waals surface area contributed by atoms with E-state index in [1.807, 2.05) is 6.07 Å². The van der Waals surface area contributed by atoms with E-state index in [0.717, 1.165) is 30.7 Å². The molecule has 0 aliphatic carbocycles. The Morgan fingerprint density at radius 3 is 2.91 bits per heavy atom. The first-order valence-electron chi connectivity index (χ1n) is 7.99. The lowest BCUT2D eigenvalue weighted by Gasteiger charge is -2.38. The number of pyridine rings is 1. The van der Waals surface area contributed by atoms with Crippen molar-refractivity contribution < 1.29 is 9.47 Å². The van der Waals surface area contributed by atoms with Crippen LogP contribution in [-0.4, -0.2) is 44.0 Å². The molecule has 2 heterocycles. The SMILES string of the molecule is CCc1cc(N2CC(C)OC(COC)C2)c2ccccc2n1. The molecule has 118 valence electrons. The van der Waals surface area contributed by atoms with Crippen molar-refractivity contribution in [1.29, 1.82) is 0 Å². The number of nitrogens with zero attached hydrogens (tertiary/aromatic N) is 2. The van der Waals surface area contributed by atoms with Crippen LogP contribution in [0.3, 0.4) is 0 Å². The minimum Gasteiger partial charge on any atom is -0.382 e. The number of rotatable bonds is 4. The molecule has 3 rings (SSSR count). The topological polar surface area (TPSA) is 34.6 Å². The van der Waals surface area contributed by atoms with Crippen molar-refractivity contribution in [2.24, 2.45) is 0 Å². The van der Waals surface area contributed by atoms with E-state index in [2.05, 4.69) is 43.0 Å². The van der Waals surface area contributed by atoms with Crippen molar-refractivity contribution in [2.45, 2.75) is 32.5 Å². The van der Waals surface area contributed by atoms with Gasteiger partial charge < -0.3 is 14.4 Å². The van der Waals surface area contributed by atoms with Crippen LogP contribution in [0.25, 0.3) is 10.9 Å². The average molecular weight is 300 g/mol. The van der Waals surface area contributed by atoms with E-state index in [9.17, 15) is 0 Å². The molecule has 1 aromatic carbocycles. The van der Waals surface area contributed by atoms with Gasteiger partial charge in [0.2, 0.25) is 0 Å². The molecule has 2 atom stereocenters. The molecule has 0 bridgehead atoms. The van der Waals surface area contributed by atoms with Crippen molar-refractivity contribution in [3.05, 3.63) is 36.0 Å². The monoisotopic (exact) mass is 300 g/mol. The van der Waals surface area contributed by atoms with E-state index in [0.29, 0.717) is 6.61 Å². The molecule has 1 saturated heterocycles.